The van der Waals surface area contributed by atoms with Gasteiger partial charge in [0.05, 0.1) is 5.02 Å². The summed E-state index contributed by atoms with van der Waals surface area (Å²) < 4.78 is 10.3. The summed E-state index contributed by atoms with van der Waals surface area (Å²) in [6, 6.07) is 6.98. The molecule has 0 radical (unpaired) electrons. The molecule has 0 saturated heterocycles. The fourth-order valence-electron chi connectivity index (χ4n) is 0.994. The lowest BCUT2D eigenvalue weighted by Crippen LogP contribution is -2.21. The van der Waals surface area contributed by atoms with Crippen LogP contribution in [-0.4, -0.2) is 12.3 Å². The van der Waals surface area contributed by atoms with Crippen LogP contribution in [0.25, 0.3) is 0 Å². The van der Waals surface area contributed by atoms with E-state index in [2.05, 4.69) is 6.58 Å². The van der Waals surface area contributed by atoms with Gasteiger partial charge in [0.2, 0.25) is 6.29 Å². The van der Waals surface area contributed by atoms with Crippen molar-refractivity contribution < 1.29 is 14.3 Å². The lowest BCUT2D eigenvalue weighted by molar-refractivity contribution is -0.156. The third kappa shape index (κ3) is 3.59. The highest BCUT2D eigenvalue weighted by atomic mass is 35.5. The Morgan fingerprint density at radius 1 is 1.44 bits per heavy atom. The molecule has 0 amide bonds. The van der Waals surface area contributed by atoms with E-state index in [9.17, 15) is 4.79 Å². The zero-order chi connectivity index (χ0) is 12.1. The van der Waals surface area contributed by atoms with Crippen LogP contribution in [0.2, 0.25) is 5.02 Å². The predicted molar refractivity (Wildman–Crippen MR) is 62.4 cm³/mol. The molecule has 0 aromatic heterocycles. The zero-order valence-corrected chi connectivity index (χ0v) is 9.95. The van der Waals surface area contributed by atoms with E-state index in [1.165, 1.54) is 0 Å². The van der Waals surface area contributed by atoms with Crippen LogP contribution in [0.4, 0.5) is 0 Å². The summed E-state index contributed by atoms with van der Waals surface area (Å²) in [7, 11) is 0. The lowest BCUT2D eigenvalue weighted by atomic mass is 10.3. The molecule has 0 heterocycles. The van der Waals surface area contributed by atoms with E-state index in [1.807, 2.05) is 0 Å². The van der Waals surface area contributed by atoms with Gasteiger partial charge >= 0.3 is 5.97 Å². The number of para-hydroxylation sites is 1. The first kappa shape index (κ1) is 12.6. The van der Waals surface area contributed by atoms with Gasteiger partial charge in [-0.25, -0.2) is 4.79 Å². The standard InChI is InChI=1S/C12H13ClO3/c1-8(2)12(14)16-9(3)15-11-7-5-4-6-10(11)13/h4-7,9H,1H2,2-3H3. The van der Waals surface area contributed by atoms with Crippen molar-refractivity contribution in [2.45, 2.75) is 20.1 Å². The van der Waals surface area contributed by atoms with Crippen molar-refractivity contribution in [2.24, 2.45) is 0 Å². The van der Waals surface area contributed by atoms with Crippen molar-refractivity contribution >= 4 is 17.6 Å². The van der Waals surface area contributed by atoms with Crippen LogP contribution in [0.15, 0.2) is 36.4 Å². The predicted octanol–water partition coefficient (Wildman–Crippen LogP) is 3.18. The maximum atomic E-state index is 11.2. The Balaban J connectivity index is 2.58. The second-order valence-corrected chi connectivity index (χ2v) is 3.71. The van der Waals surface area contributed by atoms with Gasteiger partial charge < -0.3 is 9.47 Å². The SMILES string of the molecule is C=C(C)C(=O)OC(C)Oc1ccccc1Cl. The Morgan fingerprint density at radius 3 is 2.62 bits per heavy atom. The summed E-state index contributed by atoms with van der Waals surface area (Å²) >= 11 is 5.88. The summed E-state index contributed by atoms with van der Waals surface area (Å²) in [5.74, 6) is -0.00858. The molecule has 0 bridgehead atoms. The van der Waals surface area contributed by atoms with Crippen LogP contribution in [0, 0.1) is 0 Å². The number of halogens is 1. The molecule has 1 unspecified atom stereocenters. The van der Waals surface area contributed by atoms with Gasteiger partial charge in [0.1, 0.15) is 5.75 Å². The molecule has 0 N–H and O–H groups in total. The first-order chi connectivity index (χ1) is 7.50. The third-order valence-corrected chi connectivity index (χ3v) is 2.06. The minimum Gasteiger partial charge on any atom is -0.454 e. The molecule has 3 nitrogen and oxygen atoms in total. The Bertz CT molecular complexity index is 401. The minimum absolute atomic E-state index is 0.328. The maximum Gasteiger partial charge on any atom is 0.336 e. The number of ether oxygens (including phenoxy) is 2. The number of benzene rings is 1. The highest BCUT2D eigenvalue weighted by molar-refractivity contribution is 6.32. The van der Waals surface area contributed by atoms with Gasteiger partial charge in [-0.05, 0) is 19.1 Å². The van der Waals surface area contributed by atoms with Gasteiger partial charge in [0.25, 0.3) is 0 Å². The topological polar surface area (TPSA) is 35.5 Å². The van der Waals surface area contributed by atoms with E-state index in [4.69, 9.17) is 21.1 Å². The fourth-order valence-corrected chi connectivity index (χ4v) is 1.17. The summed E-state index contributed by atoms with van der Waals surface area (Å²) in [5, 5.41) is 0.473. The third-order valence-electron chi connectivity index (χ3n) is 1.75. The van der Waals surface area contributed by atoms with Crippen molar-refractivity contribution in [1.82, 2.24) is 0 Å². The number of carbonyl (C=O) groups excluding carboxylic acids is 1. The Labute approximate surface area is 99.6 Å². The van der Waals surface area contributed by atoms with E-state index in [0.29, 0.717) is 16.3 Å². The van der Waals surface area contributed by atoms with E-state index in [1.54, 1.807) is 38.1 Å². The molecule has 0 spiro atoms. The molecule has 0 aliphatic rings. The average molecular weight is 241 g/mol. The molecule has 4 heteroatoms. The van der Waals surface area contributed by atoms with Gasteiger partial charge in [-0.2, -0.15) is 0 Å². The quantitative estimate of drug-likeness (QED) is 0.461. The smallest absolute Gasteiger partial charge is 0.336 e. The molecule has 0 saturated carbocycles. The van der Waals surface area contributed by atoms with Gasteiger partial charge in [0.15, 0.2) is 0 Å². The van der Waals surface area contributed by atoms with Crippen LogP contribution in [0.1, 0.15) is 13.8 Å². The molecule has 1 rings (SSSR count). The van der Waals surface area contributed by atoms with Gasteiger partial charge in [-0.1, -0.05) is 30.3 Å². The highest BCUT2D eigenvalue weighted by Crippen LogP contribution is 2.24. The number of rotatable bonds is 4. The van der Waals surface area contributed by atoms with Crippen molar-refractivity contribution in [3.8, 4) is 5.75 Å². The highest BCUT2D eigenvalue weighted by Gasteiger charge is 2.12. The summed E-state index contributed by atoms with van der Waals surface area (Å²) in [4.78, 5) is 11.2. The van der Waals surface area contributed by atoms with Crippen molar-refractivity contribution in [3.63, 3.8) is 0 Å². The van der Waals surface area contributed by atoms with Gasteiger partial charge in [0, 0.05) is 12.5 Å². The van der Waals surface area contributed by atoms with E-state index < -0.39 is 12.3 Å². The first-order valence-corrected chi connectivity index (χ1v) is 5.16. The van der Waals surface area contributed by atoms with E-state index in [0.717, 1.165) is 0 Å². The number of hydrogen-bond donors (Lipinski definition) is 0. The largest absolute Gasteiger partial charge is 0.454 e. The van der Waals surface area contributed by atoms with Crippen LogP contribution >= 0.6 is 11.6 Å². The Hall–Kier alpha value is -1.48. The first-order valence-electron chi connectivity index (χ1n) is 4.78. The number of esters is 1. The molecular weight excluding hydrogens is 228 g/mol. The molecule has 1 atom stereocenters. The number of hydrogen-bond acceptors (Lipinski definition) is 3. The van der Waals surface area contributed by atoms with Crippen molar-refractivity contribution in [2.75, 3.05) is 0 Å². The molecular formula is C12H13ClO3. The lowest BCUT2D eigenvalue weighted by Gasteiger charge is -2.15. The van der Waals surface area contributed by atoms with Crippen LogP contribution < -0.4 is 4.74 Å². The van der Waals surface area contributed by atoms with Crippen LogP contribution in [0.5, 0.6) is 5.75 Å². The van der Waals surface area contributed by atoms with Crippen LogP contribution in [-0.2, 0) is 9.53 Å². The van der Waals surface area contributed by atoms with Gasteiger partial charge in [-0.3, -0.25) is 0 Å². The second kappa shape index (κ2) is 5.56. The van der Waals surface area contributed by atoms with E-state index >= 15 is 0 Å². The van der Waals surface area contributed by atoms with Gasteiger partial charge in [-0.15, -0.1) is 0 Å². The average Bonchev–Trinajstić information content (AvgIpc) is 2.21. The summed E-state index contributed by atoms with van der Waals surface area (Å²) in [6.45, 7) is 6.67. The van der Waals surface area contributed by atoms with Crippen LogP contribution in [0.3, 0.4) is 0 Å². The second-order valence-electron chi connectivity index (χ2n) is 3.30. The normalized spacial score (nSPS) is 11.7. The molecule has 16 heavy (non-hydrogen) atoms. The molecule has 1 aromatic rings. The Kier molecular flexibility index (Phi) is 4.38. The Morgan fingerprint density at radius 2 is 2.06 bits per heavy atom. The fraction of sp³-hybridized carbons (Fsp3) is 0.250. The molecule has 0 fully saturated rings. The summed E-state index contributed by atoms with van der Waals surface area (Å²) in [6.07, 6.45) is -0.705. The summed E-state index contributed by atoms with van der Waals surface area (Å²) in [5.41, 5.74) is 0.328. The molecule has 86 valence electrons. The van der Waals surface area contributed by atoms with E-state index in [-0.39, 0.29) is 0 Å². The molecule has 1 aromatic carbocycles. The van der Waals surface area contributed by atoms with Crippen molar-refractivity contribution in [3.05, 3.63) is 41.4 Å². The maximum absolute atomic E-state index is 11.2. The molecule has 0 aliphatic carbocycles. The zero-order valence-electron chi connectivity index (χ0n) is 9.20. The minimum atomic E-state index is -0.705. The monoisotopic (exact) mass is 240 g/mol. The van der Waals surface area contributed by atoms with Crippen molar-refractivity contribution in [1.29, 1.82) is 0 Å². The molecule has 0 aliphatic heterocycles. The number of carbonyl (C=O) groups is 1.